The van der Waals surface area contributed by atoms with Crippen LogP contribution in [-0.2, 0) is 15.3 Å². The molecule has 1 saturated heterocycles. The second kappa shape index (κ2) is 12.3. The van der Waals surface area contributed by atoms with Crippen LogP contribution >= 0.6 is 46.3 Å². The van der Waals surface area contributed by atoms with Gasteiger partial charge in [-0.3, -0.25) is 14.5 Å². The van der Waals surface area contributed by atoms with Gasteiger partial charge in [0.2, 0.25) is 5.13 Å². The Balaban J connectivity index is 1.51. The molecule has 1 aromatic heterocycles. The molecule has 202 valence electrons. The van der Waals surface area contributed by atoms with E-state index in [1.165, 1.54) is 28.0 Å². The highest BCUT2D eigenvalue weighted by Gasteiger charge is 2.48. The minimum atomic E-state index is -0.926. The average molecular weight is 611 g/mol. The molecule has 40 heavy (non-hydrogen) atoms. The van der Waals surface area contributed by atoms with Crippen LogP contribution in [0.4, 0.5) is 5.13 Å². The maximum atomic E-state index is 13.4. The first-order valence-corrected chi connectivity index (χ1v) is 14.5. The van der Waals surface area contributed by atoms with Crippen LogP contribution in [0.5, 0.6) is 5.75 Å². The van der Waals surface area contributed by atoms with Gasteiger partial charge in [0, 0.05) is 21.4 Å². The number of carbonyl (C=O) groups is 2. The van der Waals surface area contributed by atoms with Crippen molar-refractivity contribution in [3.05, 3.63) is 118 Å². The number of hydrogen-bond donors (Lipinski definition) is 1. The van der Waals surface area contributed by atoms with Crippen LogP contribution in [0.25, 0.3) is 5.76 Å². The Morgan fingerprint density at radius 3 is 2.52 bits per heavy atom. The molecule has 1 aliphatic rings. The highest BCUT2D eigenvalue weighted by Crippen LogP contribution is 2.44. The number of thioether (sulfide) groups is 1. The summed E-state index contributed by atoms with van der Waals surface area (Å²) in [5.41, 5.74) is 1.85. The molecule has 1 unspecified atom stereocenters. The zero-order valence-corrected chi connectivity index (χ0v) is 23.9. The minimum Gasteiger partial charge on any atom is -0.507 e. The van der Waals surface area contributed by atoms with E-state index in [-0.39, 0.29) is 16.5 Å². The Labute approximate surface area is 248 Å². The number of aromatic nitrogens is 2. The zero-order valence-electron chi connectivity index (χ0n) is 20.8. The van der Waals surface area contributed by atoms with E-state index in [9.17, 15) is 14.7 Å². The van der Waals surface area contributed by atoms with Crippen LogP contribution < -0.4 is 9.64 Å². The lowest BCUT2D eigenvalue weighted by atomic mass is 9.95. The molecule has 5 rings (SSSR count). The molecule has 1 fully saturated rings. The minimum absolute atomic E-state index is 0.0340. The first-order chi connectivity index (χ1) is 19.4. The van der Waals surface area contributed by atoms with Gasteiger partial charge in [-0.15, -0.1) is 10.2 Å². The summed E-state index contributed by atoms with van der Waals surface area (Å²) >= 11 is 14.9. The van der Waals surface area contributed by atoms with E-state index >= 15 is 0 Å². The Bertz CT molecular complexity index is 1610. The Hall–Kier alpha value is -3.63. The molecule has 0 aliphatic carbocycles. The summed E-state index contributed by atoms with van der Waals surface area (Å²) in [7, 11) is 0. The normalized spacial score (nSPS) is 16.4. The fourth-order valence-electron chi connectivity index (χ4n) is 4.13. The number of rotatable bonds is 9. The van der Waals surface area contributed by atoms with Gasteiger partial charge in [0.25, 0.3) is 5.78 Å². The lowest BCUT2D eigenvalue weighted by Gasteiger charge is -2.22. The summed E-state index contributed by atoms with van der Waals surface area (Å²) in [5, 5.41) is 21.0. The monoisotopic (exact) mass is 609 g/mol. The van der Waals surface area contributed by atoms with Crippen molar-refractivity contribution in [2.24, 2.45) is 0 Å². The van der Waals surface area contributed by atoms with Crippen LogP contribution in [0, 0.1) is 0 Å². The Morgan fingerprint density at radius 2 is 1.82 bits per heavy atom. The molecule has 11 heteroatoms. The third-order valence-corrected chi connectivity index (χ3v) is 8.72. The molecule has 1 aliphatic heterocycles. The van der Waals surface area contributed by atoms with E-state index in [2.05, 4.69) is 16.8 Å². The third kappa shape index (κ3) is 5.78. The van der Waals surface area contributed by atoms with Crippen molar-refractivity contribution >= 4 is 68.9 Å². The summed E-state index contributed by atoms with van der Waals surface area (Å²) in [5.74, 6) is -0.778. The van der Waals surface area contributed by atoms with Gasteiger partial charge in [-0.25, -0.2) is 0 Å². The summed E-state index contributed by atoms with van der Waals surface area (Å²) < 4.78 is 6.17. The summed E-state index contributed by atoms with van der Waals surface area (Å²) in [6, 6.07) is 19.9. The fraction of sp³-hybridized carbons (Fsp3) is 0.103. The van der Waals surface area contributed by atoms with E-state index in [0.717, 1.165) is 5.56 Å². The third-order valence-electron chi connectivity index (χ3n) is 6.02. The molecular weight excluding hydrogens is 589 g/mol. The van der Waals surface area contributed by atoms with Gasteiger partial charge >= 0.3 is 5.91 Å². The maximum absolute atomic E-state index is 13.4. The van der Waals surface area contributed by atoms with Crippen molar-refractivity contribution in [3.8, 4) is 5.75 Å². The molecule has 0 bridgehead atoms. The number of aliphatic hydroxyl groups is 1. The highest BCUT2D eigenvalue weighted by molar-refractivity contribution is 8.00. The molecule has 1 atom stereocenters. The first kappa shape index (κ1) is 27.9. The van der Waals surface area contributed by atoms with Crippen LogP contribution in [0.2, 0.25) is 10.0 Å². The number of anilines is 1. The van der Waals surface area contributed by atoms with Crippen LogP contribution in [0.3, 0.4) is 0 Å². The zero-order chi connectivity index (χ0) is 28.2. The number of Topliss-reactive ketones (excluding diaryl/α,β-unsaturated/α-hetero) is 1. The van der Waals surface area contributed by atoms with Crippen LogP contribution in [-0.4, -0.2) is 33.6 Å². The van der Waals surface area contributed by atoms with Gasteiger partial charge in [-0.2, -0.15) is 0 Å². The number of carbonyl (C=O) groups excluding carboxylic acids is 2. The number of benzene rings is 3. The number of halogens is 2. The number of amides is 1. The molecular formula is C29H21Cl2N3O4S2. The highest BCUT2D eigenvalue weighted by atomic mass is 35.5. The van der Waals surface area contributed by atoms with E-state index in [0.29, 0.717) is 43.6 Å². The van der Waals surface area contributed by atoms with Gasteiger partial charge in [0.1, 0.15) is 18.1 Å². The largest absolute Gasteiger partial charge is 0.507 e. The van der Waals surface area contributed by atoms with Crippen LogP contribution in [0.15, 0.2) is 95.4 Å². The number of ether oxygens (including phenoxy) is 1. The quantitative estimate of drug-likeness (QED) is 0.0530. The van der Waals surface area contributed by atoms with Crippen molar-refractivity contribution in [2.45, 2.75) is 16.1 Å². The molecule has 2 heterocycles. The smallest absolute Gasteiger partial charge is 0.301 e. The van der Waals surface area contributed by atoms with Crippen molar-refractivity contribution in [1.29, 1.82) is 0 Å². The molecule has 0 radical (unpaired) electrons. The molecule has 1 N–H and O–H groups in total. The van der Waals surface area contributed by atoms with Gasteiger partial charge < -0.3 is 9.84 Å². The molecule has 3 aromatic carbocycles. The summed E-state index contributed by atoms with van der Waals surface area (Å²) in [6.45, 7) is 3.98. The van der Waals surface area contributed by atoms with Gasteiger partial charge in [-0.05, 0) is 35.4 Å². The van der Waals surface area contributed by atoms with Crippen LogP contribution in [0.1, 0.15) is 22.7 Å². The summed E-state index contributed by atoms with van der Waals surface area (Å²) in [6.07, 6.45) is 1.63. The van der Waals surface area contributed by atoms with Crippen molar-refractivity contribution < 1.29 is 19.4 Å². The molecule has 0 saturated carbocycles. The number of aliphatic hydroxyl groups excluding tert-OH is 1. The maximum Gasteiger partial charge on any atom is 0.301 e. The lowest BCUT2D eigenvalue weighted by molar-refractivity contribution is -0.132. The van der Waals surface area contributed by atoms with Crippen molar-refractivity contribution in [2.75, 3.05) is 11.5 Å². The predicted molar refractivity (Wildman–Crippen MR) is 159 cm³/mol. The molecule has 7 nitrogen and oxygen atoms in total. The number of ketones is 1. The lowest BCUT2D eigenvalue weighted by Crippen LogP contribution is -2.29. The second-order valence-electron chi connectivity index (χ2n) is 8.58. The molecule has 1 amide bonds. The van der Waals surface area contributed by atoms with Crippen molar-refractivity contribution in [1.82, 2.24) is 10.2 Å². The number of nitrogens with zero attached hydrogens (tertiary/aromatic N) is 3. The topological polar surface area (TPSA) is 92.6 Å². The van der Waals surface area contributed by atoms with E-state index in [4.69, 9.17) is 27.9 Å². The summed E-state index contributed by atoms with van der Waals surface area (Å²) in [4.78, 5) is 28.1. The van der Waals surface area contributed by atoms with Crippen molar-refractivity contribution in [3.63, 3.8) is 0 Å². The molecule has 4 aromatic rings. The predicted octanol–water partition coefficient (Wildman–Crippen LogP) is 7.33. The molecule has 0 spiro atoms. The average Bonchev–Trinajstić information content (AvgIpc) is 3.53. The van der Waals surface area contributed by atoms with Gasteiger partial charge in [0.15, 0.2) is 4.34 Å². The SMILES string of the molecule is C=CCOc1ccc(C2/C(=C(/O)c3ccccc3)C(=O)C(=O)N2c2nnc(SCc3ccc(Cl)cc3Cl)s2)cc1. The van der Waals surface area contributed by atoms with E-state index in [1.807, 2.05) is 6.07 Å². The van der Waals surface area contributed by atoms with E-state index < -0.39 is 17.7 Å². The Kier molecular flexibility index (Phi) is 8.56. The first-order valence-electron chi connectivity index (χ1n) is 12.0. The van der Waals surface area contributed by atoms with E-state index in [1.54, 1.807) is 72.8 Å². The van der Waals surface area contributed by atoms with Gasteiger partial charge in [-0.1, -0.05) is 107 Å². The van der Waals surface area contributed by atoms with Gasteiger partial charge in [0.05, 0.1) is 11.6 Å². The number of hydrogen-bond acceptors (Lipinski definition) is 8. The second-order valence-corrected chi connectivity index (χ2v) is 11.6. The fourth-order valence-corrected chi connectivity index (χ4v) is 6.56. The Morgan fingerprint density at radius 1 is 1.07 bits per heavy atom. The standard InChI is InChI=1S/C29H21Cl2N3O4S2/c1-2-14-38-21-12-9-17(10-13-21)24-23(25(35)18-6-4-3-5-7-18)26(36)27(37)34(24)28-32-33-29(40-28)39-16-19-8-11-20(30)15-22(19)31/h2-13,15,24,35H,1,14,16H2/b25-23-.